The molecular formula is C19H20ClFN2OS. The highest BCUT2D eigenvalue weighted by molar-refractivity contribution is 7.98. The molecule has 25 heavy (non-hydrogen) atoms. The van der Waals surface area contributed by atoms with Crippen LogP contribution in [0.1, 0.15) is 42.5 Å². The Kier molecular flexibility index (Phi) is 6.34. The molecule has 0 saturated heterocycles. The molecule has 0 spiro atoms. The quantitative estimate of drug-likeness (QED) is 0.543. The first-order valence-corrected chi connectivity index (χ1v) is 9.66. The predicted molar refractivity (Wildman–Crippen MR) is 102 cm³/mol. The van der Waals surface area contributed by atoms with E-state index in [1.807, 2.05) is 30.3 Å². The van der Waals surface area contributed by atoms with Crippen molar-refractivity contribution in [2.24, 2.45) is 0 Å². The Morgan fingerprint density at radius 2 is 1.80 bits per heavy atom. The lowest BCUT2D eigenvalue weighted by molar-refractivity contribution is 0.0943. The van der Waals surface area contributed by atoms with E-state index in [0.717, 1.165) is 18.4 Å². The summed E-state index contributed by atoms with van der Waals surface area (Å²) in [5.41, 5.74) is 4.09. The van der Waals surface area contributed by atoms with Crippen LogP contribution in [0.2, 0.25) is 5.02 Å². The third-order valence-corrected chi connectivity index (χ3v) is 5.62. The van der Waals surface area contributed by atoms with Crippen LogP contribution in [0.25, 0.3) is 11.1 Å². The van der Waals surface area contributed by atoms with Crippen molar-refractivity contribution < 1.29 is 9.18 Å². The molecule has 1 fully saturated rings. The highest BCUT2D eigenvalue weighted by atomic mass is 35.5. The molecule has 0 aromatic heterocycles. The summed E-state index contributed by atoms with van der Waals surface area (Å²) in [6, 6.07) is 12.5. The van der Waals surface area contributed by atoms with Crippen molar-refractivity contribution >= 4 is 29.5 Å². The first-order chi connectivity index (χ1) is 12.1. The minimum absolute atomic E-state index is 0.0635. The van der Waals surface area contributed by atoms with E-state index in [0.29, 0.717) is 10.8 Å². The molecule has 6 heteroatoms. The molecule has 3 rings (SSSR count). The van der Waals surface area contributed by atoms with E-state index < -0.39 is 11.7 Å². The molecular weight excluding hydrogens is 359 g/mol. The van der Waals surface area contributed by atoms with E-state index in [1.54, 1.807) is 0 Å². The van der Waals surface area contributed by atoms with Crippen molar-refractivity contribution in [2.75, 3.05) is 0 Å². The van der Waals surface area contributed by atoms with Crippen molar-refractivity contribution in [2.45, 2.75) is 37.4 Å². The van der Waals surface area contributed by atoms with Crippen LogP contribution in [-0.2, 0) is 0 Å². The molecule has 1 aliphatic carbocycles. The first-order valence-electron chi connectivity index (χ1n) is 8.40. The van der Waals surface area contributed by atoms with Gasteiger partial charge in [-0.1, -0.05) is 73.1 Å². The maximum atomic E-state index is 14.3. The van der Waals surface area contributed by atoms with E-state index in [-0.39, 0.29) is 10.6 Å². The monoisotopic (exact) mass is 378 g/mol. The second kappa shape index (κ2) is 8.70. The van der Waals surface area contributed by atoms with E-state index in [1.165, 1.54) is 43.3 Å². The average Bonchev–Trinajstić information content (AvgIpc) is 2.65. The lowest BCUT2D eigenvalue weighted by Crippen LogP contribution is -2.35. The van der Waals surface area contributed by atoms with Gasteiger partial charge in [-0.3, -0.25) is 10.2 Å². The van der Waals surface area contributed by atoms with Crippen molar-refractivity contribution in [3.63, 3.8) is 0 Å². The maximum absolute atomic E-state index is 14.3. The number of hydrogen-bond acceptors (Lipinski definition) is 3. The van der Waals surface area contributed by atoms with Gasteiger partial charge in [-0.05, 0) is 36.1 Å². The zero-order valence-electron chi connectivity index (χ0n) is 13.7. The second-order valence-corrected chi connectivity index (χ2v) is 7.63. The van der Waals surface area contributed by atoms with Crippen molar-refractivity contribution in [1.29, 1.82) is 0 Å². The number of rotatable bonds is 5. The number of carbonyl (C=O) groups is 1. The van der Waals surface area contributed by atoms with Crippen LogP contribution in [-0.4, -0.2) is 11.2 Å². The topological polar surface area (TPSA) is 41.1 Å². The zero-order chi connectivity index (χ0) is 17.6. The normalized spacial score (nSPS) is 15.1. The summed E-state index contributed by atoms with van der Waals surface area (Å²) in [6.07, 6.45) is 5.99. The van der Waals surface area contributed by atoms with Gasteiger partial charge in [-0.2, -0.15) is 4.83 Å². The van der Waals surface area contributed by atoms with Crippen LogP contribution in [0.3, 0.4) is 0 Å². The largest absolute Gasteiger partial charge is 0.277 e. The molecule has 132 valence electrons. The summed E-state index contributed by atoms with van der Waals surface area (Å²) in [6.45, 7) is 0. The van der Waals surface area contributed by atoms with E-state index >= 15 is 0 Å². The molecule has 0 aliphatic heterocycles. The minimum Gasteiger partial charge on any atom is -0.277 e. The van der Waals surface area contributed by atoms with Crippen LogP contribution in [0.15, 0.2) is 42.5 Å². The fraction of sp³-hybridized carbons (Fsp3) is 0.316. The number of amides is 1. The highest BCUT2D eigenvalue weighted by Gasteiger charge is 2.18. The summed E-state index contributed by atoms with van der Waals surface area (Å²) < 4.78 is 14.3. The summed E-state index contributed by atoms with van der Waals surface area (Å²) in [7, 11) is 0. The summed E-state index contributed by atoms with van der Waals surface area (Å²) in [4.78, 5) is 15.2. The highest BCUT2D eigenvalue weighted by Crippen LogP contribution is 2.28. The van der Waals surface area contributed by atoms with E-state index in [9.17, 15) is 9.18 Å². The number of hydrazine groups is 1. The van der Waals surface area contributed by atoms with Crippen LogP contribution in [0.5, 0.6) is 0 Å². The molecule has 1 aliphatic rings. The molecule has 1 saturated carbocycles. The van der Waals surface area contributed by atoms with Gasteiger partial charge < -0.3 is 0 Å². The molecule has 0 heterocycles. The number of benzene rings is 2. The van der Waals surface area contributed by atoms with Gasteiger partial charge in [-0.15, -0.1) is 0 Å². The standard InChI is InChI=1S/C19H20ClFN2OS/c20-17-12-14(13-7-3-1-4-8-13)11-16(18(17)21)19(24)22-23-25-15-9-5-2-6-10-15/h1,3-4,7-8,11-12,15,23H,2,5-6,9-10H2,(H,22,24). The Morgan fingerprint density at radius 3 is 2.52 bits per heavy atom. The molecule has 0 bridgehead atoms. The van der Waals surface area contributed by atoms with Gasteiger partial charge in [0, 0.05) is 5.25 Å². The Labute approximate surface area is 156 Å². The average molecular weight is 379 g/mol. The van der Waals surface area contributed by atoms with Crippen LogP contribution in [0.4, 0.5) is 4.39 Å². The SMILES string of the molecule is O=C(NNSC1CCCCC1)c1cc(-c2ccccc2)cc(Cl)c1F. The third-order valence-electron chi connectivity index (χ3n) is 4.32. The number of hydrogen-bond donors (Lipinski definition) is 2. The zero-order valence-corrected chi connectivity index (χ0v) is 15.3. The van der Waals surface area contributed by atoms with E-state index in [4.69, 9.17) is 11.6 Å². The van der Waals surface area contributed by atoms with Crippen molar-refractivity contribution in [1.82, 2.24) is 10.3 Å². The van der Waals surface area contributed by atoms with Crippen LogP contribution in [0, 0.1) is 5.82 Å². The van der Waals surface area contributed by atoms with E-state index in [2.05, 4.69) is 10.3 Å². The Morgan fingerprint density at radius 1 is 1.08 bits per heavy atom. The number of halogens is 2. The molecule has 0 atom stereocenters. The molecule has 0 radical (unpaired) electrons. The first kappa shape index (κ1) is 18.2. The lowest BCUT2D eigenvalue weighted by atomic mass is 10.0. The number of carbonyl (C=O) groups excluding carboxylic acids is 1. The van der Waals surface area contributed by atoms with Crippen molar-refractivity contribution in [3.05, 3.63) is 58.9 Å². The Bertz CT molecular complexity index is 736. The Hall–Kier alpha value is -1.56. The fourth-order valence-corrected chi connectivity index (χ4v) is 4.07. The van der Waals surface area contributed by atoms with Gasteiger partial charge in [-0.25, -0.2) is 4.39 Å². The molecule has 1 amide bonds. The third kappa shape index (κ3) is 4.75. The van der Waals surface area contributed by atoms with Gasteiger partial charge in [0.25, 0.3) is 5.91 Å². The predicted octanol–water partition coefficient (Wildman–Crippen LogP) is 5.36. The second-order valence-electron chi connectivity index (χ2n) is 6.12. The summed E-state index contributed by atoms with van der Waals surface area (Å²) in [5, 5.41) is 0.421. The van der Waals surface area contributed by atoms with Gasteiger partial charge in [0.1, 0.15) is 0 Å². The molecule has 0 unspecified atom stereocenters. The van der Waals surface area contributed by atoms with Gasteiger partial charge in [0.15, 0.2) is 5.82 Å². The smallest absolute Gasteiger partial charge is 0.269 e. The summed E-state index contributed by atoms with van der Waals surface area (Å²) in [5.74, 6) is -1.23. The lowest BCUT2D eigenvalue weighted by Gasteiger charge is -2.21. The van der Waals surface area contributed by atoms with Gasteiger partial charge in [0.2, 0.25) is 0 Å². The molecule has 3 nitrogen and oxygen atoms in total. The molecule has 2 aromatic carbocycles. The van der Waals surface area contributed by atoms with Gasteiger partial charge in [0.05, 0.1) is 10.6 Å². The van der Waals surface area contributed by atoms with Crippen LogP contribution < -0.4 is 10.3 Å². The minimum atomic E-state index is -0.705. The Balaban J connectivity index is 1.69. The maximum Gasteiger partial charge on any atom is 0.269 e. The number of nitrogens with one attached hydrogen (secondary N) is 2. The fourth-order valence-electron chi connectivity index (χ4n) is 2.96. The van der Waals surface area contributed by atoms with Crippen LogP contribution >= 0.6 is 23.5 Å². The summed E-state index contributed by atoms with van der Waals surface area (Å²) >= 11 is 7.48. The van der Waals surface area contributed by atoms with Gasteiger partial charge >= 0.3 is 0 Å². The molecule has 2 N–H and O–H groups in total. The molecule has 2 aromatic rings. The van der Waals surface area contributed by atoms with Crippen molar-refractivity contribution in [3.8, 4) is 11.1 Å².